The lowest BCUT2D eigenvalue weighted by molar-refractivity contribution is -0.139. The lowest BCUT2D eigenvalue weighted by atomic mass is 9.95. The molecule has 10 heteroatoms. The number of rotatable bonds is 8. The molecule has 1 amide bonds. The molecule has 0 aliphatic heterocycles. The number of benzene rings is 2. The molecule has 178 valence electrons. The summed E-state index contributed by atoms with van der Waals surface area (Å²) in [5, 5.41) is 1.68. The Kier molecular flexibility index (Phi) is 8.88. The maximum Gasteiger partial charge on any atom is 0.405 e. The van der Waals surface area contributed by atoms with Crippen LogP contribution in [0.1, 0.15) is 45.8 Å². The SMILES string of the molecule is Cc1cccc(C(/C=C/c2ccc(C(=O)CCC(=O)NCC(F)(F)F)c(Br)c2)C(F)(F)F)c1. The summed E-state index contributed by atoms with van der Waals surface area (Å²) in [6.45, 7) is 0.222. The van der Waals surface area contributed by atoms with E-state index in [9.17, 15) is 35.9 Å². The van der Waals surface area contributed by atoms with Crippen LogP contribution < -0.4 is 5.32 Å². The molecule has 3 nitrogen and oxygen atoms in total. The number of nitrogens with one attached hydrogen (secondary N) is 1. The summed E-state index contributed by atoms with van der Waals surface area (Å²) in [6.07, 6.45) is -7.46. The number of alkyl halides is 6. The molecule has 33 heavy (non-hydrogen) atoms. The molecular formula is C23H20BrF6NO2. The lowest BCUT2D eigenvalue weighted by Crippen LogP contribution is -2.33. The molecule has 0 radical (unpaired) electrons. The third-order valence-electron chi connectivity index (χ3n) is 4.59. The summed E-state index contributed by atoms with van der Waals surface area (Å²) in [4.78, 5) is 23.8. The summed E-state index contributed by atoms with van der Waals surface area (Å²) in [7, 11) is 0. The van der Waals surface area contributed by atoms with Crippen molar-refractivity contribution in [3.8, 4) is 0 Å². The van der Waals surface area contributed by atoms with Gasteiger partial charge < -0.3 is 5.32 Å². The predicted molar refractivity (Wildman–Crippen MR) is 116 cm³/mol. The Labute approximate surface area is 195 Å². The van der Waals surface area contributed by atoms with Gasteiger partial charge in [0.2, 0.25) is 5.91 Å². The van der Waals surface area contributed by atoms with Crippen molar-refractivity contribution in [3.63, 3.8) is 0 Å². The smallest absolute Gasteiger partial charge is 0.347 e. The van der Waals surface area contributed by atoms with Gasteiger partial charge in [0.05, 0.1) is 5.92 Å². The molecule has 2 aromatic carbocycles. The van der Waals surface area contributed by atoms with Crippen LogP contribution in [0.3, 0.4) is 0 Å². The molecule has 0 saturated carbocycles. The van der Waals surface area contributed by atoms with E-state index in [-0.39, 0.29) is 17.5 Å². The van der Waals surface area contributed by atoms with Crippen molar-refractivity contribution in [2.45, 2.75) is 38.0 Å². The largest absolute Gasteiger partial charge is 0.405 e. The van der Waals surface area contributed by atoms with E-state index >= 15 is 0 Å². The van der Waals surface area contributed by atoms with Crippen LogP contribution in [0, 0.1) is 6.92 Å². The minimum atomic E-state index is -4.55. The molecule has 0 aromatic heterocycles. The number of halogens is 7. The molecule has 1 atom stereocenters. The van der Waals surface area contributed by atoms with Crippen LogP contribution >= 0.6 is 15.9 Å². The first-order valence-corrected chi connectivity index (χ1v) is 10.5. The number of ketones is 1. The van der Waals surface area contributed by atoms with E-state index in [1.165, 1.54) is 36.4 Å². The molecule has 2 rings (SSSR count). The Hall–Kier alpha value is -2.62. The van der Waals surface area contributed by atoms with Crippen molar-refractivity contribution >= 4 is 33.7 Å². The van der Waals surface area contributed by atoms with Gasteiger partial charge in [-0.1, -0.05) is 64.0 Å². The highest BCUT2D eigenvalue weighted by Crippen LogP contribution is 2.37. The Bertz CT molecular complexity index is 1030. The molecule has 0 fully saturated rings. The number of carbonyl (C=O) groups is 2. The van der Waals surface area contributed by atoms with Gasteiger partial charge in [-0.25, -0.2) is 0 Å². The number of hydrogen-bond acceptors (Lipinski definition) is 2. The zero-order valence-electron chi connectivity index (χ0n) is 17.4. The fraction of sp³-hybridized carbons (Fsp3) is 0.304. The van der Waals surface area contributed by atoms with E-state index in [4.69, 9.17) is 0 Å². The fourth-order valence-corrected chi connectivity index (χ4v) is 3.61. The first-order valence-electron chi connectivity index (χ1n) is 9.74. The van der Waals surface area contributed by atoms with Crippen LogP contribution in [0.15, 0.2) is 53.0 Å². The second kappa shape index (κ2) is 11.0. The molecule has 0 saturated heterocycles. The van der Waals surface area contributed by atoms with E-state index in [2.05, 4.69) is 15.9 Å². The first-order chi connectivity index (χ1) is 15.3. The number of carbonyl (C=O) groups excluding carboxylic acids is 2. The average Bonchev–Trinajstić information content (AvgIpc) is 2.69. The van der Waals surface area contributed by atoms with Gasteiger partial charge in [-0.15, -0.1) is 0 Å². The number of aryl methyl sites for hydroxylation is 1. The van der Waals surface area contributed by atoms with E-state index in [1.807, 2.05) is 0 Å². The monoisotopic (exact) mass is 535 g/mol. The zero-order valence-corrected chi connectivity index (χ0v) is 18.9. The normalized spacial score (nSPS) is 13.2. The van der Waals surface area contributed by atoms with Crippen LogP contribution in [-0.4, -0.2) is 30.6 Å². The van der Waals surface area contributed by atoms with Crippen LogP contribution in [0.25, 0.3) is 6.08 Å². The summed E-state index contributed by atoms with van der Waals surface area (Å²) in [5.41, 5.74) is 1.38. The van der Waals surface area contributed by atoms with Gasteiger partial charge in [0.15, 0.2) is 5.78 Å². The van der Waals surface area contributed by atoms with Crippen molar-refractivity contribution in [1.82, 2.24) is 5.32 Å². The number of hydrogen-bond donors (Lipinski definition) is 1. The van der Waals surface area contributed by atoms with E-state index in [1.54, 1.807) is 24.4 Å². The topological polar surface area (TPSA) is 46.2 Å². The zero-order chi connectivity index (χ0) is 24.8. The summed E-state index contributed by atoms with van der Waals surface area (Å²) < 4.78 is 77.3. The van der Waals surface area contributed by atoms with Crippen molar-refractivity contribution in [1.29, 1.82) is 0 Å². The van der Waals surface area contributed by atoms with Gasteiger partial charge in [-0.3, -0.25) is 9.59 Å². The Balaban J connectivity index is 2.09. The van der Waals surface area contributed by atoms with E-state index in [0.29, 0.717) is 15.6 Å². The maximum atomic E-state index is 13.6. The maximum absolute atomic E-state index is 13.6. The molecule has 0 spiro atoms. The van der Waals surface area contributed by atoms with E-state index in [0.717, 1.165) is 6.08 Å². The van der Waals surface area contributed by atoms with Crippen molar-refractivity contribution in [2.75, 3.05) is 6.54 Å². The molecule has 0 aliphatic carbocycles. The number of allylic oxidation sites excluding steroid dienone is 1. The molecule has 0 heterocycles. The molecule has 0 aliphatic rings. The number of Topliss-reactive ketones (excluding diaryl/α,β-unsaturated/α-hetero) is 1. The third kappa shape index (κ3) is 8.68. The van der Waals surface area contributed by atoms with Crippen LogP contribution in [0.4, 0.5) is 26.3 Å². The van der Waals surface area contributed by atoms with Crippen LogP contribution in [0.2, 0.25) is 0 Å². The predicted octanol–water partition coefficient (Wildman–Crippen LogP) is 6.76. The summed E-state index contributed by atoms with van der Waals surface area (Å²) >= 11 is 3.19. The highest BCUT2D eigenvalue weighted by Gasteiger charge is 2.38. The standard InChI is InChI=1S/C23H20BrF6NO2/c1-14-3-2-4-16(11-14)18(23(28,29)30)8-6-15-5-7-17(19(24)12-15)20(32)9-10-21(33)31-13-22(25,26)27/h2-8,11-12,18H,9-10,13H2,1H3,(H,31,33)/b8-6+. The third-order valence-corrected chi connectivity index (χ3v) is 5.25. The fourth-order valence-electron chi connectivity index (χ4n) is 2.99. The molecule has 2 aromatic rings. The molecule has 1 unspecified atom stereocenters. The number of amides is 1. The van der Waals surface area contributed by atoms with Crippen LogP contribution in [-0.2, 0) is 4.79 Å². The second-order valence-corrected chi connectivity index (χ2v) is 8.20. The van der Waals surface area contributed by atoms with Crippen molar-refractivity contribution in [2.24, 2.45) is 0 Å². The van der Waals surface area contributed by atoms with Gasteiger partial charge in [0.25, 0.3) is 0 Å². The summed E-state index contributed by atoms with van der Waals surface area (Å²) in [5.74, 6) is -3.22. The van der Waals surface area contributed by atoms with E-state index < -0.39 is 42.9 Å². The second-order valence-electron chi connectivity index (χ2n) is 7.35. The van der Waals surface area contributed by atoms with Gasteiger partial charge in [0.1, 0.15) is 6.54 Å². The minimum Gasteiger partial charge on any atom is -0.347 e. The minimum absolute atomic E-state index is 0.105. The Morgan fingerprint density at radius 1 is 1.03 bits per heavy atom. The average molecular weight is 536 g/mol. The first kappa shape index (κ1) is 26.6. The Morgan fingerprint density at radius 3 is 2.30 bits per heavy atom. The molecular weight excluding hydrogens is 516 g/mol. The molecule has 0 bridgehead atoms. The highest BCUT2D eigenvalue weighted by atomic mass is 79.9. The molecule has 1 N–H and O–H groups in total. The van der Waals surface area contributed by atoms with Gasteiger partial charge in [-0.2, -0.15) is 26.3 Å². The van der Waals surface area contributed by atoms with Gasteiger partial charge in [0, 0.05) is 22.9 Å². The van der Waals surface area contributed by atoms with Crippen molar-refractivity contribution < 1.29 is 35.9 Å². The van der Waals surface area contributed by atoms with Gasteiger partial charge >= 0.3 is 12.4 Å². The lowest BCUT2D eigenvalue weighted by Gasteiger charge is -2.17. The summed E-state index contributed by atoms with van der Waals surface area (Å²) in [6, 6.07) is 10.4. The highest BCUT2D eigenvalue weighted by molar-refractivity contribution is 9.10. The quantitative estimate of drug-likeness (QED) is 0.300. The van der Waals surface area contributed by atoms with Crippen LogP contribution in [0.5, 0.6) is 0 Å². The van der Waals surface area contributed by atoms with Gasteiger partial charge in [-0.05, 0) is 30.2 Å². The Morgan fingerprint density at radius 2 is 1.73 bits per heavy atom. The van der Waals surface area contributed by atoms with Crippen molar-refractivity contribution in [3.05, 3.63) is 75.3 Å².